The first kappa shape index (κ1) is 71.2. The Balaban J connectivity index is 0.000000183. The molecular weight excluding hydrogens is 1140 g/mol. The summed E-state index contributed by atoms with van der Waals surface area (Å²) in [7, 11) is 0. The molecule has 16 heteroatoms. The molecule has 16 nitrogen and oxygen atoms in total. The average molecular weight is 1240 g/mol. The van der Waals surface area contributed by atoms with Crippen LogP contribution in [0.1, 0.15) is 114 Å². The molecule has 4 heterocycles. The monoisotopic (exact) mass is 1240 g/mol. The minimum Gasteiger partial charge on any atom is -0.508 e. The zero-order chi connectivity index (χ0) is 64.2. The number of carbonyl (C=O) groups excluding carboxylic acids is 1. The molecule has 0 aliphatic carbocycles. The lowest BCUT2D eigenvalue weighted by Crippen LogP contribution is -2.58. The summed E-state index contributed by atoms with van der Waals surface area (Å²) in [6, 6.07) is 51.9. The van der Waals surface area contributed by atoms with Crippen molar-refractivity contribution in [3.63, 3.8) is 0 Å². The van der Waals surface area contributed by atoms with Crippen LogP contribution in [0.2, 0.25) is 0 Å². The Hall–Kier alpha value is -6.25. The van der Waals surface area contributed by atoms with Crippen molar-refractivity contribution in [1.82, 2.24) is 9.80 Å². The van der Waals surface area contributed by atoms with E-state index >= 15 is 0 Å². The lowest BCUT2D eigenvalue weighted by Gasteiger charge is -2.46. The first-order chi connectivity index (χ1) is 43.2. The maximum absolute atomic E-state index is 10.3. The summed E-state index contributed by atoms with van der Waals surface area (Å²) in [6.45, 7) is 24.1. The van der Waals surface area contributed by atoms with E-state index in [0.29, 0.717) is 78.2 Å². The largest absolute Gasteiger partial charge is 0.508 e. The molecule has 3 N–H and O–H groups in total. The van der Waals surface area contributed by atoms with Gasteiger partial charge in [0.25, 0.3) is 0 Å². The molecule has 6 aromatic rings. The van der Waals surface area contributed by atoms with E-state index in [0.717, 1.165) is 92.5 Å². The van der Waals surface area contributed by atoms with Crippen LogP contribution in [0.5, 0.6) is 23.0 Å². The molecule has 0 spiro atoms. The highest BCUT2D eigenvalue weighted by Gasteiger charge is 2.40. The smallest absolute Gasteiger partial charge is 0.162 e. The fraction of sp³-hybridized carbons (Fsp3) is 0.500. The van der Waals surface area contributed by atoms with Crippen molar-refractivity contribution >= 4 is 6.29 Å². The van der Waals surface area contributed by atoms with Crippen molar-refractivity contribution in [2.24, 2.45) is 0 Å². The fourth-order valence-corrected chi connectivity index (χ4v) is 10.6. The lowest BCUT2D eigenvalue weighted by atomic mass is 10.1. The van der Waals surface area contributed by atoms with Gasteiger partial charge in [0.1, 0.15) is 42.5 Å². The quantitative estimate of drug-likeness (QED) is 0.0487. The molecule has 0 radical (unpaired) electrons. The van der Waals surface area contributed by atoms with Crippen LogP contribution in [-0.2, 0) is 81.6 Å². The number of aryl methyl sites for hydroxylation is 4. The van der Waals surface area contributed by atoms with Crippen LogP contribution in [0.25, 0.3) is 0 Å². The maximum Gasteiger partial charge on any atom is 0.162 e. The molecule has 0 atom stereocenters. The van der Waals surface area contributed by atoms with Gasteiger partial charge in [-0.05, 0) is 195 Å². The third-order valence-electron chi connectivity index (χ3n) is 16.0. The summed E-state index contributed by atoms with van der Waals surface area (Å²) in [4.78, 5) is 15.2. The van der Waals surface area contributed by atoms with Gasteiger partial charge >= 0.3 is 0 Å². The van der Waals surface area contributed by atoms with Crippen molar-refractivity contribution in [2.45, 2.75) is 167 Å². The van der Waals surface area contributed by atoms with Crippen molar-refractivity contribution in [3.05, 3.63) is 191 Å². The second-order valence-electron chi connectivity index (χ2n) is 25.1. The Kier molecular flexibility index (Phi) is 28.6. The van der Waals surface area contributed by atoms with Crippen molar-refractivity contribution in [1.29, 1.82) is 0 Å². The number of aliphatic hydroxyl groups excluding tert-OH is 1. The van der Waals surface area contributed by atoms with Crippen LogP contribution in [0, 0.1) is 0 Å². The molecule has 4 fully saturated rings. The second kappa shape index (κ2) is 36.1. The number of nitrogens with zero attached hydrogens (tertiary/aromatic N) is 2. The number of carbonyl (C=O) groups is 1. The van der Waals surface area contributed by atoms with Crippen LogP contribution in [-0.4, -0.2) is 151 Å². The van der Waals surface area contributed by atoms with E-state index < -0.39 is 23.1 Å². The zero-order valence-electron chi connectivity index (χ0n) is 54.5. The Labute approximate surface area is 535 Å². The van der Waals surface area contributed by atoms with Crippen LogP contribution in [0.3, 0.4) is 0 Å². The number of hydrogen-bond donors (Lipinski definition) is 3. The first-order valence-corrected chi connectivity index (χ1v) is 32.0. The summed E-state index contributed by atoms with van der Waals surface area (Å²) in [5.41, 5.74) is 7.17. The molecule has 4 saturated heterocycles. The van der Waals surface area contributed by atoms with Crippen LogP contribution in [0.15, 0.2) is 158 Å². The predicted molar refractivity (Wildman–Crippen MR) is 350 cm³/mol. The van der Waals surface area contributed by atoms with Gasteiger partial charge in [-0.15, -0.1) is 0 Å². The average Bonchev–Trinajstić information content (AvgIpc) is 1.25. The highest BCUT2D eigenvalue weighted by molar-refractivity contribution is 5.50. The highest BCUT2D eigenvalue weighted by Crippen LogP contribution is 2.29. The summed E-state index contributed by atoms with van der Waals surface area (Å²) in [6.07, 6.45) is 7.95. The molecule has 90 heavy (non-hydrogen) atoms. The Morgan fingerprint density at radius 1 is 0.389 bits per heavy atom. The van der Waals surface area contributed by atoms with Gasteiger partial charge in [-0.25, -0.2) is 0 Å². The van der Waals surface area contributed by atoms with E-state index in [1.165, 1.54) is 16.7 Å². The zero-order valence-corrected chi connectivity index (χ0v) is 54.5. The van der Waals surface area contributed by atoms with Crippen LogP contribution >= 0.6 is 0 Å². The molecule has 10 rings (SSSR count). The number of aromatic hydroxyl groups is 2. The van der Waals surface area contributed by atoms with E-state index in [1.807, 2.05) is 152 Å². The number of aldehydes is 1. The second-order valence-corrected chi connectivity index (χ2v) is 25.1. The minimum absolute atomic E-state index is 0.191. The summed E-state index contributed by atoms with van der Waals surface area (Å²) >= 11 is 0. The Morgan fingerprint density at radius 2 is 0.667 bits per heavy atom. The fourth-order valence-electron chi connectivity index (χ4n) is 10.6. The molecule has 490 valence electrons. The van der Waals surface area contributed by atoms with E-state index in [-0.39, 0.29) is 36.5 Å². The maximum atomic E-state index is 10.3. The third kappa shape index (κ3) is 25.8. The number of phenolic OH excluding ortho intramolecular Hbond substituents is 2. The molecule has 0 saturated carbocycles. The Morgan fingerprint density at radius 3 is 0.956 bits per heavy atom. The summed E-state index contributed by atoms with van der Waals surface area (Å²) < 4.78 is 59.0. The van der Waals surface area contributed by atoms with E-state index in [1.54, 1.807) is 24.3 Å². The molecule has 0 aromatic heterocycles. The number of phenols is 2. The highest BCUT2D eigenvalue weighted by atomic mass is 16.7. The first-order valence-electron chi connectivity index (χ1n) is 32.0. The number of hydrogen-bond acceptors (Lipinski definition) is 16. The molecule has 4 aliphatic rings. The van der Waals surface area contributed by atoms with E-state index in [9.17, 15) is 9.90 Å². The molecule has 6 aromatic carbocycles. The third-order valence-corrected chi connectivity index (χ3v) is 16.0. The van der Waals surface area contributed by atoms with Gasteiger partial charge in [0.2, 0.25) is 0 Å². The predicted octanol–water partition coefficient (Wildman–Crippen LogP) is 12.4. The Bertz CT molecular complexity index is 2830. The van der Waals surface area contributed by atoms with E-state index in [4.69, 9.17) is 57.6 Å². The number of aliphatic hydroxyl groups is 1. The standard InChI is InChI=1S/C28H39NO5.C21H33NO5.C16H16O2.C9H12O2/c1-27(2)31-18-24(19-32-27)29(25-20-33-28(3,4)34-21-25)16-8-11-22-12-14-26(15-13-22)30-17-23-9-6-5-7-10-23;1-20(2)24-12-17(13-25-20)22(18-14-26-21(3,4)27-15-18)11-5-6-16-7-9-19(23)10-8-16;17-12-4-7-14-8-10-16(11-9-14)18-13-15-5-2-1-3-6-15;10-7-1-2-8-3-5-9(11)6-4-8/h5-7,9-10,12-15,24-25H,8,11,16-21H2,1-4H3;7-10,17-18,23H,5-6,11-15H2,1-4H3;1-3,5-6,8-12H,4,7,13H2;3-6,10-11H,1-2,7H2. The van der Waals surface area contributed by atoms with Gasteiger partial charge in [0.05, 0.1) is 77.0 Å². The van der Waals surface area contributed by atoms with Gasteiger partial charge in [0.15, 0.2) is 23.1 Å². The van der Waals surface area contributed by atoms with Gasteiger partial charge < -0.3 is 67.5 Å². The molecule has 4 aliphatic heterocycles. The minimum atomic E-state index is -0.520. The van der Waals surface area contributed by atoms with E-state index in [2.05, 4.69) is 46.2 Å². The van der Waals surface area contributed by atoms with Crippen LogP contribution < -0.4 is 9.47 Å². The van der Waals surface area contributed by atoms with Crippen LogP contribution in [0.4, 0.5) is 0 Å². The topological polar surface area (TPSA) is 177 Å². The lowest BCUT2D eigenvalue weighted by molar-refractivity contribution is -0.288. The van der Waals surface area contributed by atoms with Gasteiger partial charge in [-0.2, -0.15) is 0 Å². The number of rotatable bonds is 24. The molecular formula is C74H100N2O14. The van der Waals surface area contributed by atoms with Crippen molar-refractivity contribution in [2.75, 3.05) is 72.6 Å². The molecule has 0 amide bonds. The summed E-state index contributed by atoms with van der Waals surface area (Å²) in [5, 5.41) is 26.9. The van der Waals surface area contributed by atoms with Crippen molar-refractivity contribution < 1.29 is 67.5 Å². The molecule has 0 unspecified atom stereocenters. The SMILES string of the molecule is CC1(C)OCC(N(CCCc2ccc(O)cc2)C2COC(C)(C)OC2)CO1.CC1(C)OCC(N(CCCc2ccc(OCc3ccccc3)cc2)C2COC(C)(C)OC2)CO1.O=CCCc1ccc(OCc2ccccc2)cc1.OCCCc1ccc(O)cc1. The normalized spacial score (nSPS) is 18.2. The molecule has 0 bridgehead atoms. The number of ether oxygens (including phenoxy) is 10. The van der Waals surface area contributed by atoms with Gasteiger partial charge in [0, 0.05) is 13.0 Å². The van der Waals surface area contributed by atoms with Crippen molar-refractivity contribution in [3.8, 4) is 23.0 Å². The summed E-state index contributed by atoms with van der Waals surface area (Å²) in [5.74, 6) is 0.269. The number of benzene rings is 6. The van der Waals surface area contributed by atoms with Gasteiger partial charge in [-0.3, -0.25) is 9.80 Å². The van der Waals surface area contributed by atoms with Gasteiger partial charge in [-0.1, -0.05) is 109 Å².